The molecule has 4 heteroatoms. The molecule has 15 heavy (non-hydrogen) atoms. The third kappa shape index (κ3) is 0.888. The highest BCUT2D eigenvalue weighted by molar-refractivity contribution is 6.10. The number of rotatable bonds is 1. The molecule has 1 aliphatic heterocycles. The van der Waals surface area contributed by atoms with Crippen molar-refractivity contribution in [3.63, 3.8) is 0 Å². The van der Waals surface area contributed by atoms with Crippen molar-refractivity contribution in [1.82, 2.24) is 0 Å². The fraction of sp³-hybridized carbons (Fsp3) is 0.364. The molecule has 1 aromatic carbocycles. The molecule has 0 aromatic heterocycles. The van der Waals surface area contributed by atoms with E-state index in [1.54, 1.807) is 30.1 Å². The predicted octanol–water partition coefficient (Wildman–Crippen LogP) is 2.09. The van der Waals surface area contributed by atoms with Crippen molar-refractivity contribution >= 4 is 17.3 Å². The van der Waals surface area contributed by atoms with Gasteiger partial charge in [0.05, 0.1) is 5.41 Å². The summed E-state index contributed by atoms with van der Waals surface area (Å²) in [4.78, 5) is 24.1. The van der Waals surface area contributed by atoms with Crippen molar-refractivity contribution in [2.75, 3.05) is 11.9 Å². The zero-order valence-electron chi connectivity index (χ0n) is 8.36. The number of likely N-dealkylation sites (N-methyl/N-ethyl adjacent to an activating group) is 1. The summed E-state index contributed by atoms with van der Waals surface area (Å²) < 4.78 is 0. The van der Waals surface area contributed by atoms with Gasteiger partial charge in [-0.2, -0.15) is 0 Å². The SMILES string of the molecule is CN1C(=O)C2(CC2)c2cc(N=O)ccc21. The van der Waals surface area contributed by atoms with Gasteiger partial charge in [0.25, 0.3) is 0 Å². The Morgan fingerprint density at radius 2 is 2.13 bits per heavy atom. The highest BCUT2D eigenvalue weighted by atomic mass is 16.3. The van der Waals surface area contributed by atoms with E-state index in [0.717, 1.165) is 24.1 Å². The minimum Gasteiger partial charge on any atom is -0.314 e. The summed E-state index contributed by atoms with van der Waals surface area (Å²) in [5.41, 5.74) is 1.99. The molecule has 0 atom stereocenters. The molecule has 1 fully saturated rings. The maximum atomic E-state index is 12.0. The normalized spacial score (nSPS) is 20.6. The summed E-state index contributed by atoms with van der Waals surface area (Å²) in [5.74, 6) is 0.153. The molecule has 1 spiro atoms. The van der Waals surface area contributed by atoms with E-state index in [1.807, 2.05) is 0 Å². The molecule has 0 bridgehead atoms. The number of hydrogen-bond donors (Lipinski definition) is 0. The van der Waals surface area contributed by atoms with E-state index >= 15 is 0 Å². The van der Waals surface area contributed by atoms with Crippen LogP contribution in [0, 0.1) is 4.91 Å². The van der Waals surface area contributed by atoms with Crippen LogP contribution in [-0.2, 0) is 10.2 Å². The van der Waals surface area contributed by atoms with Crippen molar-refractivity contribution in [1.29, 1.82) is 0 Å². The standard InChI is InChI=1S/C11H10N2O2/c1-13-9-3-2-7(12-15)6-8(9)11(4-5-11)10(13)14/h2-3,6H,4-5H2,1H3. The lowest BCUT2D eigenvalue weighted by molar-refractivity contribution is -0.119. The van der Waals surface area contributed by atoms with E-state index in [1.165, 1.54) is 0 Å². The van der Waals surface area contributed by atoms with Gasteiger partial charge in [0.2, 0.25) is 5.91 Å². The van der Waals surface area contributed by atoms with E-state index in [9.17, 15) is 9.70 Å². The number of carbonyl (C=O) groups is 1. The van der Waals surface area contributed by atoms with Gasteiger partial charge in [0.15, 0.2) is 0 Å². The van der Waals surface area contributed by atoms with Crippen molar-refractivity contribution in [2.45, 2.75) is 18.3 Å². The highest BCUT2D eigenvalue weighted by Crippen LogP contribution is 2.57. The zero-order valence-corrected chi connectivity index (χ0v) is 8.36. The molecule has 1 aromatic rings. The number of carbonyl (C=O) groups excluding carboxylic acids is 1. The average Bonchev–Trinajstić information content (AvgIpc) is 3.04. The minimum atomic E-state index is -0.315. The van der Waals surface area contributed by atoms with Crippen LogP contribution in [0.15, 0.2) is 23.4 Å². The first kappa shape index (κ1) is 8.59. The summed E-state index contributed by atoms with van der Waals surface area (Å²) in [5, 5.41) is 2.91. The van der Waals surface area contributed by atoms with Gasteiger partial charge in [-0.25, -0.2) is 0 Å². The summed E-state index contributed by atoms with van der Waals surface area (Å²) in [7, 11) is 1.78. The van der Waals surface area contributed by atoms with Gasteiger partial charge in [-0.15, -0.1) is 4.91 Å². The Labute approximate surface area is 86.9 Å². The summed E-state index contributed by atoms with van der Waals surface area (Å²) in [6, 6.07) is 5.20. The van der Waals surface area contributed by atoms with Gasteiger partial charge in [-0.05, 0) is 41.8 Å². The van der Waals surface area contributed by atoms with E-state index in [2.05, 4.69) is 5.18 Å². The van der Waals surface area contributed by atoms with Gasteiger partial charge in [-0.3, -0.25) is 4.79 Å². The Balaban J connectivity index is 2.24. The number of nitroso groups, excluding NO2 is 1. The highest BCUT2D eigenvalue weighted by Gasteiger charge is 2.58. The Kier molecular flexibility index (Phi) is 1.40. The number of anilines is 1. The lowest BCUT2D eigenvalue weighted by Gasteiger charge is -2.09. The van der Waals surface area contributed by atoms with Crippen LogP contribution in [0.1, 0.15) is 18.4 Å². The van der Waals surface area contributed by atoms with Crippen molar-refractivity contribution in [3.05, 3.63) is 28.7 Å². The van der Waals surface area contributed by atoms with Crippen LogP contribution >= 0.6 is 0 Å². The number of amides is 1. The van der Waals surface area contributed by atoms with Crippen molar-refractivity contribution in [3.8, 4) is 0 Å². The van der Waals surface area contributed by atoms with Crippen LogP contribution in [-0.4, -0.2) is 13.0 Å². The van der Waals surface area contributed by atoms with Crippen molar-refractivity contribution < 1.29 is 4.79 Å². The zero-order chi connectivity index (χ0) is 10.6. The van der Waals surface area contributed by atoms with Gasteiger partial charge >= 0.3 is 0 Å². The monoisotopic (exact) mass is 202 g/mol. The molecule has 0 saturated heterocycles. The Bertz CT molecular complexity index is 477. The van der Waals surface area contributed by atoms with E-state index < -0.39 is 0 Å². The second kappa shape index (κ2) is 2.45. The Morgan fingerprint density at radius 3 is 2.73 bits per heavy atom. The molecule has 1 amide bonds. The van der Waals surface area contributed by atoms with Crippen LogP contribution in [0.5, 0.6) is 0 Å². The molecule has 0 unspecified atom stereocenters. The minimum absolute atomic E-state index is 0.153. The smallest absolute Gasteiger partial charge is 0.237 e. The van der Waals surface area contributed by atoms with Crippen LogP contribution in [0.3, 0.4) is 0 Å². The lowest BCUT2D eigenvalue weighted by atomic mass is 9.97. The number of hydrogen-bond acceptors (Lipinski definition) is 3. The van der Waals surface area contributed by atoms with Crippen LogP contribution in [0.4, 0.5) is 11.4 Å². The quantitative estimate of drug-likeness (QED) is 0.655. The molecule has 1 aliphatic carbocycles. The van der Waals surface area contributed by atoms with Gasteiger partial charge in [-0.1, -0.05) is 0 Å². The maximum Gasteiger partial charge on any atom is 0.237 e. The second-order valence-electron chi connectivity index (χ2n) is 4.24. The molecule has 4 nitrogen and oxygen atoms in total. The van der Waals surface area contributed by atoms with Gasteiger partial charge in [0, 0.05) is 12.7 Å². The number of nitrogens with zero attached hydrogens (tertiary/aromatic N) is 2. The molecule has 0 N–H and O–H groups in total. The fourth-order valence-corrected chi connectivity index (χ4v) is 2.41. The topological polar surface area (TPSA) is 49.7 Å². The molecular formula is C11H10N2O2. The third-order valence-electron chi connectivity index (χ3n) is 3.43. The molecular weight excluding hydrogens is 192 g/mol. The lowest BCUT2D eigenvalue weighted by Crippen LogP contribution is -2.27. The maximum absolute atomic E-state index is 12.0. The molecule has 3 rings (SSSR count). The second-order valence-corrected chi connectivity index (χ2v) is 4.24. The Morgan fingerprint density at radius 1 is 1.40 bits per heavy atom. The largest absolute Gasteiger partial charge is 0.314 e. The van der Waals surface area contributed by atoms with Crippen LogP contribution in [0.2, 0.25) is 0 Å². The fourth-order valence-electron chi connectivity index (χ4n) is 2.41. The predicted molar refractivity (Wildman–Crippen MR) is 56.2 cm³/mol. The number of fused-ring (bicyclic) bond motifs is 2. The van der Waals surface area contributed by atoms with Crippen LogP contribution in [0.25, 0.3) is 0 Å². The third-order valence-corrected chi connectivity index (χ3v) is 3.43. The Hall–Kier alpha value is -1.71. The van der Waals surface area contributed by atoms with E-state index in [0.29, 0.717) is 5.69 Å². The first-order valence-electron chi connectivity index (χ1n) is 4.95. The van der Waals surface area contributed by atoms with Crippen LogP contribution < -0.4 is 4.90 Å². The first-order chi connectivity index (χ1) is 7.19. The summed E-state index contributed by atoms with van der Waals surface area (Å²) >= 11 is 0. The summed E-state index contributed by atoms with van der Waals surface area (Å²) in [6.45, 7) is 0. The molecule has 0 radical (unpaired) electrons. The van der Waals surface area contributed by atoms with Gasteiger partial charge in [0.1, 0.15) is 5.69 Å². The van der Waals surface area contributed by atoms with Gasteiger partial charge < -0.3 is 4.90 Å². The average molecular weight is 202 g/mol. The van der Waals surface area contributed by atoms with Crippen molar-refractivity contribution in [2.24, 2.45) is 5.18 Å². The molecule has 1 heterocycles. The van der Waals surface area contributed by atoms with E-state index in [4.69, 9.17) is 0 Å². The molecule has 1 saturated carbocycles. The summed E-state index contributed by atoms with van der Waals surface area (Å²) in [6.07, 6.45) is 1.79. The molecule has 76 valence electrons. The number of benzene rings is 1. The molecule has 2 aliphatic rings. The van der Waals surface area contributed by atoms with E-state index in [-0.39, 0.29) is 11.3 Å². The first-order valence-corrected chi connectivity index (χ1v) is 4.95.